The van der Waals surface area contributed by atoms with Crippen LogP contribution in [0.15, 0.2) is 91.5 Å². The van der Waals surface area contributed by atoms with Crippen LogP contribution in [0.25, 0.3) is 11.2 Å². The standard InChI is InChI=1S/C40H52N5O5PSi/c1-39(2,3)52(8,9)50-34-25-33(23-24-51(6,7)46)49-38(34)45-27-43-35-36(41-26-42-37(35)45)44-40(28-13-11-10-12-14-28,29-15-19-31(47-4)20-16-29)30-17-21-32(48-5)22-18-30/h10-22,26-27,33-34,38H,23-25H2,1-9H3,(H,41,42,44)/t33-,34-,38-/m1/s1. The van der Waals surface area contributed by atoms with Crippen LogP contribution in [0.4, 0.5) is 5.82 Å². The highest BCUT2D eigenvalue weighted by molar-refractivity contribution is 7.62. The van der Waals surface area contributed by atoms with E-state index >= 15 is 0 Å². The molecular weight excluding hydrogens is 690 g/mol. The molecule has 3 atom stereocenters. The minimum Gasteiger partial charge on any atom is -0.497 e. The summed E-state index contributed by atoms with van der Waals surface area (Å²) in [5.74, 6) is 2.08. The van der Waals surface area contributed by atoms with Gasteiger partial charge in [0.1, 0.15) is 23.4 Å². The Labute approximate surface area is 308 Å². The van der Waals surface area contributed by atoms with Gasteiger partial charge in [-0.25, -0.2) is 15.0 Å². The molecule has 1 fully saturated rings. The van der Waals surface area contributed by atoms with E-state index in [4.69, 9.17) is 33.6 Å². The molecule has 276 valence electrons. The van der Waals surface area contributed by atoms with Crippen LogP contribution in [0.2, 0.25) is 18.1 Å². The SMILES string of the molecule is COc1ccc(C(Nc2ncnc3c2ncn3[C@@H]2O[C@H](CCP(C)(C)=O)C[C@H]2O[Si](C)(C)C(C)(C)C)(c2ccccc2)c2ccc(OC)cc2)cc1. The third-order valence-electron chi connectivity index (χ3n) is 10.6. The van der Waals surface area contributed by atoms with Crippen molar-refractivity contribution >= 4 is 32.4 Å². The first kappa shape index (κ1) is 37.7. The maximum Gasteiger partial charge on any atom is 0.192 e. The third kappa shape index (κ3) is 7.69. The lowest BCUT2D eigenvalue weighted by Gasteiger charge is -2.39. The number of nitrogens with zero attached hydrogens (tertiary/aromatic N) is 4. The first-order valence-corrected chi connectivity index (χ1v) is 23.5. The molecule has 0 spiro atoms. The number of anilines is 1. The highest BCUT2D eigenvalue weighted by Crippen LogP contribution is 2.46. The summed E-state index contributed by atoms with van der Waals surface area (Å²) in [6.45, 7) is 14.9. The molecule has 3 heterocycles. The van der Waals surface area contributed by atoms with Gasteiger partial charge in [-0.1, -0.05) is 75.4 Å². The number of imidazole rings is 1. The Balaban J connectivity index is 1.47. The lowest BCUT2D eigenvalue weighted by atomic mass is 9.77. The molecular formula is C40H52N5O5PSi. The van der Waals surface area contributed by atoms with E-state index in [0.717, 1.165) is 28.2 Å². The number of fused-ring (bicyclic) bond motifs is 1. The maximum absolute atomic E-state index is 12.7. The molecule has 0 bridgehead atoms. The first-order chi connectivity index (χ1) is 24.6. The monoisotopic (exact) mass is 741 g/mol. The Morgan fingerprint density at radius 3 is 1.98 bits per heavy atom. The lowest BCUT2D eigenvalue weighted by molar-refractivity contribution is -0.0318. The van der Waals surface area contributed by atoms with Gasteiger partial charge in [0.15, 0.2) is 31.5 Å². The predicted molar refractivity (Wildman–Crippen MR) is 211 cm³/mol. The molecule has 5 aromatic rings. The van der Waals surface area contributed by atoms with Crippen molar-refractivity contribution in [1.29, 1.82) is 0 Å². The van der Waals surface area contributed by atoms with Crippen LogP contribution in [-0.2, 0) is 19.3 Å². The number of benzene rings is 3. The second-order valence-corrected chi connectivity index (χ2v) is 24.0. The average Bonchev–Trinajstić information content (AvgIpc) is 3.73. The van der Waals surface area contributed by atoms with Crippen molar-refractivity contribution in [3.8, 4) is 11.5 Å². The van der Waals surface area contributed by atoms with Crippen molar-refractivity contribution < 1.29 is 23.2 Å². The lowest BCUT2D eigenvalue weighted by Crippen LogP contribution is -2.45. The second kappa shape index (κ2) is 14.8. The number of nitrogens with one attached hydrogen (secondary N) is 1. The summed E-state index contributed by atoms with van der Waals surface area (Å²) in [5.41, 5.74) is 3.30. The molecule has 0 unspecified atom stereocenters. The molecule has 0 radical (unpaired) electrons. The fourth-order valence-electron chi connectivity index (χ4n) is 6.66. The van der Waals surface area contributed by atoms with E-state index in [1.807, 2.05) is 60.4 Å². The molecule has 1 N–H and O–H groups in total. The quantitative estimate of drug-likeness (QED) is 0.0719. The zero-order chi connectivity index (χ0) is 37.3. The zero-order valence-corrected chi connectivity index (χ0v) is 33.7. The summed E-state index contributed by atoms with van der Waals surface area (Å²) in [6, 6.07) is 26.5. The average molecular weight is 742 g/mol. The van der Waals surface area contributed by atoms with Crippen LogP contribution < -0.4 is 14.8 Å². The Morgan fingerprint density at radius 2 is 1.44 bits per heavy atom. The van der Waals surface area contributed by atoms with E-state index < -0.39 is 27.2 Å². The van der Waals surface area contributed by atoms with Crippen LogP contribution in [0.3, 0.4) is 0 Å². The van der Waals surface area contributed by atoms with Crippen molar-refractivity contribution in [3.63, 3.8) is 0 Å². The van der Waals surface area contributed by atoms with Gasteiger partial charge in [0, 0.05) is 12.6 Å². The molecule has 12 heteroatoms. The van der Waals surface area contributed by atoms with Crippen LogP contribution in [-0.4, -0.2) is 73.8 Å². The maximum atomic E-state index is 12.7. The van der Waals surface area contributed by atoms with E-state index in [-0.39, 0.29) is 17.2 Å². The summed E-state index contributed by atoms with van der Waals surface area (Å²) >= 11 is 0. The smallest absolute Gasteiger partial charge is 0.192 e. The highest BCUT2D eigenvalue weighted by Gasteiger charge is 2.46. The number of hydrogen-bond donors (Lipinski definition) is 1. The molecule has 52 heavy (non-hydrogen) atoms. The summed E-state index contributed by atoms with van der Waals surface area (Å²) < 4.78 is 39.6. The van der Waals surface area contributed by atoms with Gasteiger partial charge in [0.25, 0.3) is 0 Å². The predicted octanol–water partition coefficient (Wildman–Crippen LogP) is 8.94. The minimum atomic E-state index is -2.21. The van der Waals surface area contributed by atoms with Crippen molar-refractivity contribution in [2.24, 2.45) is 0 Å². The molecule has 1 aliphatic heterocycles. The van der Waals surface area contributed by atoms with E-state index in [1.54, 1.807) is 26.9 Å². The van der Waals surface area contributed by atoms with Gasteiger partial charge in [-0.05, 0) is 78.8 Å². The normalized spacial score (nSPS) is 18.4. The van der Waals surface area contributed by atoms with Gasteiger partial charge >= 0.3 is 0 Å². The summed E-state index contributed by atoms with van der Waals surface area (Å²) in [6.07, 6.45) is 4.62. The largest absolute Gasteiger partial charge is 0.497 e. The van der Waals surface area contributed by atoms with Crippen LogP contribution in [0.5, 0.6) is 11.5 Å². The molecule has 1 aliphatic rings. The van der Waals surface area contributed by atoms with Crippen LogP contribution in [0.1, 0.15) is 56.5 Å². The van der Waals surface area contributed by atoms with E-state index in [0.29, 0.717) is 36.0 Å². The van der Waals surface area contributed by atoms with E-state index in [9.17, 15) is 4.57 Å². The molecule has 6 rings (SSSR count). The minimum absolute atomic E-state index is 0.0120. The van der Waals surface area contributed by atoms with Gasteiger partial charge in [0.05, 0.1) is 39.9 Å². The molecule has 2 aromatic heterocycles. The third-order valence-corrected chi connectivity index (χ3v) is 16.4. The number of aromatic nitrogens is 4. The van der Waals surface area contributed by atoms with E-state index in [1.165, 1.54) is 0 Å². The van der Waals surface area contributed by atoms with Crippen molar-refractivity contribution in [2.75, 3.05) is 39.0 Å². The zero-order valence-electron chi connectivity index (χ0n) is 31.8. The summed E-state index contributed by atoms with van der Waals surface area (Å²) in [7, 11) is -1.06. The van der Waals surface area contributed by atoms with Crippen molar-refractivity contribution in [1.82, 2.24) is 19.5 Å². The first-order valence-electron chi connectivity index (χ1n) is 17.8. The fourth-order valence-corrected chi connectivity index (χ4v) is 8.89. The summed E-state index contributed by atoms with van der Waals surface area (Å²) in [4.78, 5) is 14.5. The summed E-state index contributed by atoms with van der Waals surface area (Å²) in [5, 5.41) is 3.89. The number of ether oxygens (including phenoxy) is 3. The van der Waals surface area contributed by atoms with E-state index in [2.05, 4.69) is 75.6 Å². The van der Waals surface area contributed by atoms with Gasteiger partial charge < -0.3 is 28.5 Å². The second-order valence-electron chi connectivity index (χ2n) is 15.6. The fraction of sp³-hybridized carbons (Fsp3) is 0.425. The highest BCUT2D eigenvalue weighted by atomic mass is 31.2. The van der Waals surface area contributed by atoms with Gasteiger partial charge in [-0.15, -0.1) is 0 Å². The van der Waals surface area contributed by atoms with Crippen molar-refractivity contribution in [3.05, 3.63) is 108 Å². The molecule has 3 aromatic carbocycles. The topological polar surface area (TPSA) is 110 Å². The Hall–Kier alpha value is -4.02. The molecule has 0 aliphatic carbocycles. The Bertz CT molecular complexity index is 1960. The number of rotatable bonds is 13. The molecule has 1 saturated heterocycles. The molecule has 10 nitrogen and oxygen atoms in total. The van der Waals surface area contributed by atoms with Crippen LogP contribution >= 0.6 is 7.14 Å². The molecule has 0 saturated carbocycles. The Morgan fingerprint density at radius 1 is 0.865 bits per heavy atom. The number of methoxy groups -OCH3 is 2. The van der Waals surface area contributed by atoms with Gasteiger partial charge in [-0.3, -0.25) is 4.57 Å². The number of hydrogen-bond acceptors (Lipinski definition) is 9. The van der Waals surface area contributed by atoms with Crippen molar-refractivity contribution in [2.45, 2.75) is 75.7 Å². The van der Waals surface area contributed by atoms with Crippen LogP contribution in [0, 0.1) is 0 Å². The Kier molecular flexibility index (Phi) is 10.7. The molecule has 0 amide bonds. The van der Waals surface area contributed by atoms with Gasteiger partial charge in [0.2, 0.25) is 0 Å². The van der Waals surface area contributed by atoms with Gasteiger partial charge in [-0.2, -0.15) is 0 Å².